The number of hydrogen-bond donors (Lipinski definition) is 1. The highest BCUT2D eigenvalue weighted by atomic mass is 32.2. The molecule has 0 fully saturated rings. The molecule has 1 aromatic carbocycles. The Labute approximate surface area is 160 Å². The molecule has 2 heterocycles. The predicted molar refractivity (Wildman–Crippen MR) is 104 cm³/mol. The van der Waals surface area contributed by atoms with Gasteiger partial charge in [0.1, 0.15) is 22.2 Å². The first kappa shape index (κ1) is 18.8. The van der Waals surface area contributed by atoms with Crippen LogP contribution in [-0.2, 0) is 9.53 Å². The van der Waals surface area contributed by atoms with E-state index in [0.717, 1.165) is 17.5 Å². The third-order valence-electron chi connectivity index (χ3n) is 3.62. The van der Waals surface area contributed by atoms with E-state index in [1.54, 1.807) is 19.1 Å². The van der Waals surface area contributed by atoms with Crippen LogP contribution >= 0.6 is 11.8 Å². The quantitative estimate of drug-likeness (QED) is 0.772. The van der Waals surface area contributed by atoms with E-state index in [-0.39, 0.29) is 28.8 Å². The van der Waals surface area contributed by atoms with Gasteiger partial charge >= 0.3 is 5.97 Å². The Hall–Kier alpha value is -2.93. The highest BCUT2D eigenvalue weighted by Gasteiger charge is 2.33. The fraction of sp³-hybridized carbons (Fsp3) is 0.150. The number of carbonyl (C=O) groups is 1. The second kappa shape index (κ2) is 8.18. The Bertz CT molecular complexity index is 965. The maximum atomic E-state index is 13.1. The van der Waals surface area contributed by atoms with Crippen LogP contribution in [0.2, 0.25) is 0 Å². The molecule has 2 aromatic rings. The van der Waals surface area contributed by atoms with E-state index in [1.165, 1.54) is 24.3 Å². The number of aliphatic imine (C=N–C) groups is 1. The molecule has 0 unspecified atom stereocenters. The maximum Gasteiger partial charge on any atom is 0.344 e. The highest BCUT2D eigenvalue weighted by Crippen LogP contribution is 2.40. The first-order chi connectivity index (χ1) is 13.0. The molecule has 1 aromatic heterocycles. The van der Waals surface area contributed by atoms with Gasteiger partial charge in [-0.15, -0.1) is 0 Å². The van der Waals surface area contributed by atoms with E-state index < -0.39 is 5.97 Å². The number of aromatic nitrogens is 1. The Morgan fingerprint density at radius 2 is 2.04 bits per heavy atom. The number of aliphatic hydroxyl groups is 1. The number of halogens is 1. The number of rotatable bonds is 4. The minimum Gasteiger partial charge on any atom is -0.506 e. The summed E-state index contributed by atoms with van der Waals surface area (Å²) >= 11 is 1.13. The number of carbonyl (C=O) groups excluding carboxylic acids is 1. The summed E-state index contributed by atoms with van der Waals surface area (Å²) in [6.07, 6.45) is 1.68. The van der Waals surface area contributed by atoms with E-state index in [2.05, 4.69) is 9.98 Å². The van der Waals surface area contributed by atoms with Gasteiger partial charge in [-0.05, 0) is 56.3 Å². The van der Waals surface area contributed by atoms with E-state index in [4.69, 9.17) is 4.74 Å². The number of aryl methyl sites for hydroxylation is 1. The maximum absolute atomic E-state index is 13.1. The average molecular weight is 384 g/mol. The van der Waals surface area contributed by atoms with Crippen molar-refractivity contribution in [3.8, 4) is 0 Å². The Balaban J connectivity index is 2.03. The highest BCUT2D eigenvalue weighted by molar-refractivity contribution is 8.18. The fourth-order valence-electron chi connectivity index (χ4n) is 2.40. The number of nitrogens with zero attached hydrogens (tertiary/aromatic N) is 2. The van der Waals surface area contributed by atoms with E-state index >= 15 is 0 Å². The first-order valence-electron chi connectivity index (χ1n) is 8.26. The van der Waals surface area contributed by atoms with Gasteiger partial charge in [-0.3, -0.25) is 4.98 Å². The molecule has 0 aliphatic carbocycles. The van der Waals surface area contributed by atoms with Crippen molar-refractivity contribution in [2.24, 2.45) is 4.99 Å². The summed E-state index contributed by atoms with van der Waals surface area (Å²) in [7, 11) is 0. The second-order valence-corrected chi connectivity index (χ2v) is 6.68. The monoisotopic (exact) mass is 384 g/mol. The summed E-state index contributed by atoms with van der Waals surface area (Å²) in [6, 6.07) is 11.1. The van der Waals surface area contributed by atoms with E-state index in [1.807, 2.05) is 19.1 Å². The SMILES string of the molecule is CCOC(=O)C1=C(O)C(=Cc2cccc(C)n2)SC1=Nc1ccc(F)cc1. The molecule has 0 radical (unpaired) electrons. The van der Waals surface area contributed by atoms with Crippen molar-refractivity contribution < 1.29 is 19.0 Å². The zero-order valence-electron chi connectivity index (χ0n) is 14.8. The van der Waals surface area contributed by atoms with Crippen LogP contribution in [0, 0.1) is 12.7 Å². The van der Waals surface area contributed by atoms with Gasteiger partial charge in [0.15, 0.2) is 0 Å². The van der Waals surface area contributed by atoms with Gasteiger partial charge in [0, 0.05) is 5.69 Å². The van der Waals surface area contributed by atoms with Crippen LogP contribution in [0.25, 0.3) is 6.08 Å². The van der Waals surface area contributed by atoms with Crippen LogP contribution in [0.3, 0.4) is 0 Å². The standard InChI is InChI=1S/C20H17FN2O3S/c1-3-26-20(25)17-18(24)16(11-15-6-4-5-12(2)22-15)27-19(17)23-14-9-7-13(21)8-10-14/h4-11,24H,3H2,1-2H3. The number of aliphatic hydroxyl groups excluding tert-OH is 1. The van der Waals surface area contributed by atoms with Crippen LogP contribution in [-0.4, -0.2) is 27.7 Å². The molecule has 138 valence electrons. The summed E-state index contributed by atoms with van der Waals surface area (Å²) in [5.41, 5.74) is 1.94. The Morgan fingerprint density at radius 3 is 2.70 bits per heavy atom. The minimum absolute atomic E-state index is 0.00919. The molecule has 5 nitrogen and oxygen atoms in total. The molecular weight excluding hydrogens is 367 g/mol. The van der Waals surface area contributed by atoms with Gasteiger partial charge in [-0.2, -0.15) is 0 Å². The van der Waals surface area contributed by atoms with Gasteiger partial charge in [0.25, 0.3) is 0 Å². The van der Waals surface area contributed by atoms with Gasteiger partial charge in [0.05, 0.1) is 22.9 Å². The summed E-state index contributed by atoms with van der Waals surface area (Å²) < 4.78 is 18.2. The van der Waals surface area contributed by atoms with Crippen LogP contribution < -0.4 is 0 Å². The van der Waals surface area contributed by atoms with E-state index in [0.29, 0.717) is 16.3 Å². The lowest BCUT2D eigenvalue weighted by molar-refractivity contribution is -0.138. The zero-order valence-corrected chi connectivity index (χ0v) is 15.6. The Morgan fingerprint density at radius 1 is 1.30 bits per heavy atom. The van der Waals surface area contributed by atoms with Gasteiger partial charge in [-0.1, -0.05) is 17.8 Å². The molecule has 0 spiro atoms. The molecule has 0 bridgehead atoms. The lowest BCUT2D eigenvalue weighted by Gasteiger charge is -2.03. The number of thioether (sulfide) groups is 1. The van der Waals surface area contributed by atoms with Crippen molar-refractivity contribution in [1.29, 1.82) is 0 Å². The van der Waals surface area contributed by atoms with Crippen molar-refractivity contribution >= 4 is 34.5 Å². The molecule has 0 atom stereocenters. The van der Waals surface area contributed by atoms with Crippen molar-refractivity contribution in [2.45, 2.75) is 13.8 Å². The molecule has 0 saturated heterocycles. The number of ether oxygens (including phenoxy) is 1. The third-order valence-corrected chi connectivity index (χ3v) is 4.64. The number of esters is 1. The smallest absolute Gasteiger partial charge is 0.344 e. The summed E-state index contributed by atoms with van der Waals surface area (Å²) in [5, 5.41) is 10.9. The van der Waals surface area contributed by atoms with Crippen LogP contribution in [0.15, 0.2) is 63.7 Å². The lowest BCUT2D eigenvalue weighted by Crippen LogP contribution is -2.12. The minimum atomic E-state index is -0.663. The van der Waals surface area contributed by atoms with E-state index in [9.17, 15) is 14.3 Å². The molecule has 1 aliphatic rings. The normalized spacial score (nSPS) is 17.0. The molecule has 7 heteroatoms. The van der Waals surface area contributed by atoms with Gasteiger partial charge in [-0.25, -0.2) is 14.2 Å². The molecule has 0 saturated carbocycles. The second-order valence-electron chi connectivity index (χ2n) is 5.65. The molecule has 27 heavy (non-hydrogen) atoms. The van der Waals surface area contributed by atoms with Crippen LogP contribution in [0.5, 0.6) is 0 Å². The number of benzene rings is 1. The topological polar surface area (TPSA) is 71.8 Å². The average Bonchev–Trinajstić information content (AvgIpc) is 2.92. The van der Waals surface area contributed by atoms with Crippen LogP contribution in [0.1, 0.15) is 18.3 Å². The Kier molecular flexibility index (Phi) is 5.71. The van der Waals surface area contributed by atoms with Gasteiger partial charge < -0.3 is 9.84 Å². The third kappa shape index (κ3) is 4.43. The van der Waals surface area contributed by atoms with Crippen LogP contribution in [0.4, 0.5) is 10.1 Å². The predicted octanol–water partition coefficient (Wildman–Crippen LogP) is 4.72. The number of pyridine rings is 1. The largest absolute Gasteiger partial charge is 0.506 e. The summed E-state index contributed by atoms with van der Waals surface area (Å²) in [4.78, 5) is 21.5. The summed E-state index contributed by atoms with van der Waals surface area (Å²) in [5.74, 6) is -1.25. The molecule has 3 rings (SSSR count). The molecule has 0 amide bonds. The fourth-order valence-corrected chi connectivity index (χ4v) is 3.42. The van der Waals surface area contributed by atoms with Crippen molar-refractivity contribution in [3.05, 3.63) is 75.9 Å². The van der Waals surface area contributed by atoms with Crippen molar-refractivity contribution in [2.75, 3.05) is 6.61 Å². The molecular formula is C20H17FN2O3S. The molecule has 1 aliphatic heterocycles. The van der Waals surface area contributed by atoms with Crippen molar-refractivity contribution in [3.63, 3.8) is 0 Å². The first-order valence-corrected chi connectivity index (χ1v) is 9.08. The van der Waals surface area contributed by atoms with Crippen molar-refractivity contribution in [1.82, 2.24) is 4.98 Å². The zero-order chi connectivity index (χ0) is 19.4. The lowest BCUT2D eigenvalue weighted by atomic mass is 10.2. The van der Waals surface area contributed by atoms with Gasteiger partial charge in [0.2, 0.25) is 0 Å². The number of hydrogen-bond acceptors (Lipinski definition) is 6. The summed E-state index contributed by atoms with van der Waals surface area (Å²) in [6.45, 7) is 3.72. The molecule has 1 N–H and O–H groups in total.